The Hall–Kier alpha value is -4.63. The van der Waals surface area contributed by atoms with Gasteiger partial charge in [-0.05, 0) is 42.3 Å². The van der Waals surface area contributed by atoms with Crippen molar-refractivity contribution >= 4 is 33.2 Å². The Kier molecular flexibility index (Phi) is 7.84. The number of carbonyl (C=O) groups is 2. The fourth-order valence-corrected chi connectivity index (χ4v) is 6.15. The van der Waals surface area contributed by atoms with Crippen molar-refractivity contribution in [1.82, 2.24) is 5.32 Å². The maximum Gasteiger partial charge on any atom is 0.267 e. The standard InChI is InChI=1S/C31H29N3O5S/c1-22(24-14-6-3-7-15-24)32-30(35)25-16-8-9-17-26(25)33-31(36)29-20-34(27-18-10-11-19-28(27)39-29)40(37,38)21-23-12-4-2-5-13-23/h2-19,22,29H,20-21H2,1H3,(H,32,35)(H,33,36). The van der Waals surface area contributed by atoms with Crippen LogP contribution in [0.4, 0.5) is 11.4 Å². The molecule has 2 unspecified atom stereocenters. The van der Waals surface area contributed by atoms with Gasteiger partial charge in [-0.3, -0.25) is 13.9 Å². The molecule has 0 fully saturated rings. The molecule has 9 heteroatoms. The quantitative estimate of drug-likeness (QED) is 0.321. The molecule has 0 saturated heterocycles. The molecule has 0 aromatic heterocycles. The summed E-state index contributed by atoms with van der Waals surface area (Å²) in [4.78, 5) is 26.6. The van der Waals surface area contributed by atoms with E-state index in [0.717, 1.165) is 5.56 Å². The lowest BCUT2D eigenvalue weighted by atomic mass is 10.1. The molecule has 1 aliphatic rings. The van der Waals surface area contributed by atoms with Crippen LogP contribution in [0.25, 0.3) is 0 Å². The van der Waals surface area contributed by atoms with Crippen molar-refractivity contribution in [2.45, 2.75) is 24.8 Å². The van der Waals surface area contributed by atoms with E-state index in [1.807, 2.05) is 43.3 Å². The van der Waals surface area contributed by atoms with Crippen LogP contribution < -0.4 is 19.7 Å². The number of amides is 2. The van der Waals surface area contributed by atoms with E-state index in [1.54, 1.807) is 72.8 Å². The number of anilines is 2. The van der Waals surface area contributed by atoms with Crippen molar-refractivity contribution in [2.24, 2.45) is 0 Å². The molecule has 1 aliphatic heterocycles. The summed E-state index contributed by atoms with van der Waals surface area (Å²) in [6.45, 7) is 1.67. The molecule has 0 radical (unpaired) electrons. The van der Waals surface area contributed by atoms with Gasteiger partial charge in [0.25, 0.3) is 11.8 Å². The average molecular weight is 556 g/mol. The minimum Gasteiger partial charge on any atom is -0.476 e. The van der Waals surface area contributed by atoms with Gasteiger partial charge in [0.2, 0.25) is 10.0 Å². The van der Waals surface area contributed by atoms with Crippen LogP contribution >= 0.6 is 0 Å². The molecule has 204 valence electrons. The number of para-hydroxylation sites is 3. The molecule has 2 atom stereocenters. The fraction of sp³-hybridized carbons (Fsp3) is 0.161. The largest absolute Gasteiger partial charge is 0.476 e. The van der Waals surface area contributed by atoms with Crippen LogP contribution in [0.5, 0.6) is 5.75 Å². The van der Waals surface area contributed by atoms with E-state index in [1.165, 1.54) is 4.31 Å². The summed E-state index contributed by atoms with van der Waals surface area (Å²) in [5.41, 5.74) is 2.53. The van der Waals surface area contributed by atoms with Crippen molar-refractivity contribution in [3.63, 3.8) is 0 Å². The van der Waals surface area contributed by atoms with Gasteiger partial charge in [0.15, 0.2) is 6.10 Å². The molecule has 0 saturated carbocycles. The van der Waals surface area contributed by atoms with Gasteiger partial charge in [0.1, 0.15) is 5.75 Å². The Morgan fingerprint density at radius 2 is 1.50 bits per heavy atom. The molecular formula is C31H29N3O5S. The Morgan fingerprint density at radius 3 is 2.25 bits per heavy atom. The molecule has 8 nitrogen and oxygen atoms in total. The summed E-state index contributed by atoms with van der Waals surface area (Å²) in [5.74, 6) is -0.854. The number of fused-ring (bicyclic) bond motifs is 1. The number of benzene rings is 4. The normalized spacial score (nSPS) is 15.3. The molecular weight excluding hydrogens is 526 g/mol. The predicted molar refractivity (Wildman–Crippen MR) is 155 cm³/mol. The molecule has 0 spiro atoms. The van der Waals surface area contributed by atoms with Gasteiger partial charge in [-0.15, -0.1) is 0 Å². The van der Waals surface area contributed by atoms with E-state index in [0.29, 0.717) is 16.9 Å². The van der Waals surface area contributed by atoms with Gasteiger partial charge in [0, 0.05) is 0 Å². The molecule has 0 aliphatic carbocycles. The fourth-order valence-electron chi connectivity index (χ4n) is 4.57. The van der Waals surface area contributed by atoms with Crippen LogP contribution in [-0.4, -0.2) is 32.9 Å². The van der Waals surface area contributed by atoms with Crippen molar-refractivity contribution in [2.75, 3.05) is 16.2 Å². The van der Waals surface area contributed by atoms with E-state index in [-0.39, 0.29) is 35.6 Å². The van der Waals surface area contributed by atoms with Crippen molar-refractivity contribution in [1.29, 1.82) is 0 Å². The zero-order valence-electron chi connectivity index (χ0n) is 21.9. The topological polar surface area (TPSA) is 105 Å². The summed E-state index contributed by atoms with van der Waals surface area (Å²) in [5, 5.41) is 5.74. The Labute approximate surface area is 233 Å². The molecule has 1 heterocycles. The van der Waals surface area contributed by atoms with Crippen LogP contribution in [0.1, 0.15) is 34.5 Å². The smallest absolute Gasteiger partial charge is 0.267 e. The van der Waals surface area contributed by atoms with E-state index in [2.05, 4.69) is 10.6 Å². The highest BCUT2D eigenvalue weighted by atomic mass is 32.2. The number of nitrogens with one attached hydrogen (secondary N) is 2. The third-order valence-electron chi connectivity index (χ3n) is 6.63. The maximum absolute atomic E-state index is 13.5. The summed E-state index contributed by atoms with van der Waals surface area (Å²) in [6.07, 6.45) is -1.14. The molecule has 5 rings (SSSR count). The van der Waals surface area contributed by atoms with Gasteiger partial charge in [0.05, 0.1) is 35.3 Å². The first-order chi connectivity index (χ1) is 19.3. The summed E-state index contributed by atoms with van der Waals surface area (Å²) in [7, 11) is -3.84. The number of rotatable bonds is 8. The van der Waals surface area contributed by atoms with Crippen molar-refractivity contribution < 1.29 is 22.7 Å². The molecule has 2 amide bonds. The van der Waals surface area contributed by atoms with Crippen molar-refractivity contribution in [3.8, 4) is 5.75 Å². The first-order valence-corrected chi connectivity index (χ1v) is 14.5. The van der Waals surface area contributed by atoms with E-state index in [4.69, 9.17) is 4.74 Å². The van der Waals surface area contributed by atoms with E-state index < -0.39 is 22.0 Å². The van der Waals surface area contributed by atoms with Gasteiger partial charge < -0.3 is 15.4 Å². The second-order valence-corrected chi connectivity index (χ2v) is 11.4. The average Bonchev–Trinajstić information content (AvgIpc) is 2.97. The first-order valence-electron chi connectivity index (χ1n) is 12.9. The SMILES string of the molecule is CC(NC(=O)c1ccccc1NC(=O)C1CN(S(=O)(=O)Cc2ccccc2)c2ccccc2O1)c1ccccc1. The monoisotopic (exact) mass is 555 g/mol. The number of ether oxygens (including phenoxy) is 1. The highest BCUT2D eigenvalue weighted by Crippen LogP contribution is 2.36. The van der Waals surface area contributed by atoms with Gasteiger partial charge >= 0.3 is 0 Å². The third kappa shape index (κ3) is 6.00. The highest BCUT2D eigenvalue weighted by Gasteiger charge is 2.37. The van der Waals surface area contributed by atoms with Gasteiger partial charge in [-0.1, -0.05) is 84.9 Å². The lowest BCUT2D eigenvalue weighted by Gasteiger charge is -2.34. The number of hydrogen-bond acceptors (Lipinski definition) is 5. The lowest BCUT2D eigenvalue weighted by molar-refractivity contribution is -0.122. The minimum atomic E-state index is -3.84. The Bertz CT molecular complexity index is 1610. The van der Waals surface area contributed by atoms with E-state index in [9.17, 15) is 18.0 Å². The van der Waals surface area contributed by atoms with Crippen LogP contribution in [0.15, 0.2) is 109 Å². The molecule has 2 N–H and O–H groups in total. The predicted octanol–water partition coefficient (Wildman–Crippen LogP) is 4.91. The minimum absolute atomic E-state index is 0.211. The van der Waals surface area contributed by atoms with Gasteiger partial charge in [-0.25, -0.2) is 8.42 Å². The number of hydrogen-bond donors (Lipinski definition) is 2. The van der Waals surface area contributed by atoms with Crippen LogP contribution in [0.3, 0.4) is 0 Å². The summed E-state index contributed by atoms with van der Waals surface area (Å²) < 4.78 is 34.2. The van der Waals surface area contributed by atoms with Crippen LogP contribution in [-0.2, 0) is 20.6 Å². The van der Waals surface area contributed by atoms with Gasteiger partial charge in [-0.2, -0.15) is 0 Å². The third-order valence-corrected chi connectivity index (χ3v) is 8.35. The molecule has 4 aromatic carbocycles. The highest BCUT2D eigenvalue weighted by molar-refractivity contribution is 7.92. The first kappa shape index (κ1) is 27.0. The number of nitrogens with zero attached hydrogens (tertiary/aromatic N) is 1. The summed E-state index contributed by atoms with van der Waals surface area (Å²) in [6, 6.07) is 31.6. The number of sulfonamides is 1. The molecule has 40 heavy (non-hydrogen) atoms. The number of carbonyl (C=O) groups excluding carboxylic acids is 2. The van der Waals surface area contributed by atoms with Crippen LogP contribution in [0, 0.1) is 0 Å². The molecule has 0 bridgehead atoms. The lowest BCUT2D eigenvalue weighted by Crippen LogP contribution is -2.49. The molecule has 4 aromatic rings. The Morgan fingerprint density at radius 1 is 0.875 bits per heavy atom. The summed E-state index contributed by atoms with van der Waals surface area (Å²) >= 11 is 0. The zero-order chi connectivity index (χ0) is 28.1. The maximum atomic E-state index is 13.5. The van der Waals surface area contributed by atoms with Crippen LogP contribution in [0.2, 0.25) is 0 Å². The van der Waals surface area contributed by atoms with Crippen molar-refractivity contribution in [3.05, 3.63) is 126 Å². The Balaban J connectivity index is 1.35. The second-order valence-electron chi connectivity index (χ2n) is 9.49. The van der Waals surface area contributed by atoms with E-state index >= 15 is 0 Å². The zero-order valence-corrected chi connectivity index (χ0v) is 22.7. The second kappa shape index (κ2) is 11.6.